The molecule has 3 heterocycles. The Hall–Kier alpha value is -2.34. The Kier molecular flexibility index (Phi) is 3.04. The number of carboxylic acid groups (broad SMARTS) is 1. The number of hydrogen-bond acceptors (Lipinski definition) is 3. The minimum atomic E-state index is -0.854. The summed E-state index contributed by atoms with van der Waals surface area (Å²) < 4.78 is 2.19. The zero-order valence-electron chi connectivity index (χ0n) is 13.9. The average molecular weight is 339 g/mol. The Morgan fingerprint density at radius 3 is 2.72 bits per heavy atom. The summed E-state index contributed by atoms with van der Waals surface area (Å²) >= 11 is 0. The maximum atomic E-state index is 11.1. The number of benzene rings is 1. The molecule has 2 aliphatic heterocycles. The minimum absolute atomic E-state index is 0.116. The molecule has 2 aromatic rings. The standard InChI is InChI=1S/C19H21N3O3/c23-17-14(9-19(17)5-7-21(8-6-19)18(24)25)16-13-4-2-1-3-12(13)15-10-20-11-22(15)16/h1-4,10-11,14,16-17,23H,5-9H2,(H,24,25)/t14?,16-,17?/m0/s1. The lowest BCUT2D eigenvalue weighted by Crippen LogP contribution is -2.59. The largest absolute Gasteiger partial charge is 0.465 e. The van der Waals surface area contributed by atoms with Crippen LogP contribution in [0.4, 0.5) is 4.79 Å². The molecule has 6 heteroatoms. The number of aliphatic hydroxyl groups is 1. The number of carbonyl (C=O) groups is 1. The van der Waals surface area contributed by atoms with Gasteiger partial charge in [0.15, 0.2) is 0 Å². The number of aromatic nitrogens is 2. The van der Waals surface area contributed by atoms with Gasteiger partial charge in [-0.3, -0.25) is 0 Å². The van der Waals surface area contributed by atoms with E-state index in [0.717, 1.165) is 25.0 Å². The van der Waals surface area contributed by atoms with Crippen molar-refractivity contribution in [1.82, 2.24) is 14.5 Å². The molecule has 25 heavy (non-hydrogen) atoms. The van der Waals surface area contributed by atoms with E-state index in [1.807, 2.05) is 18.6 Å². The van der Waals surface area contributed by atoms with Crippen LogP contribution in [0.25, 0.3) is 11.3 Å². The maximum Gasteiger partial charge on any atom is 0.407 e. The third kappa shape index (κ3) is 1.94. The maximum absolute atomic E-state index is 11.1. The molecule has 1 saturated heterocycles. The van der Waals surface area contributed by atoms with Crippen LogP contribution in [0.1, 0.15) is 30.9 Å². The molecule has 1 aliphatic carbocycles. The van der Waals surface area contributed by atoms with Gasteiger partial charge < -0.3 is 19.7 Å². The number of fused-ring (bicyclic) bond motifs is 3. The summed E-state index contributed by atoms with van der Waals surface area (Å²) in [5.41, 5.74) is 3.48. The average Bonchev–Trinajstić information content (AvgIpc) is 3.21. The van der Waals surface area contributed by atoms with Crippen LogP contribution in [0.2, 0.25) is 0 Å². The van der Waals surface area contributed by atoms with Crippen molar-refractivity contribution in [1.29, 1.82) is 0 Å². The quantitative estimate of drug-likeness (QED) is 0.837. The third-order valence-corrected chi connectivity index (χ3v) is 6.63. The van der Waals surface area contributed by atoms with Crippen LogP contribution < -0.4 is 0 Å². The number of aliphatic hydroxyl groups excluding tert-OH is 1. The summed E-state index contributed by atoms with van der Waals surface area (Å²) in [6.45, 7) is 1.05. The van der Waals surface area contributed by atoms with Crippen LogP contribution in [0.15, 0.2) is 36.8 Å². The monoisotopic (exact) mass is 339 g/mol. The zero-order chi connectivity index (χ0) is 17.2. The third-order valence-electron chi connectivity index (χ3n) is 6.63. The van der Waals surface area contributed by atoms with E-state index in [1.165, 1.54) is 16.0 Å². The lowest BCUT2D eigenvalue weighted by molar-refractivity contribution is -0.155. The molecule has 5 rings (SSSR count). The summed E-state index contributed by atoms with van der Waals surface area (Å²) in [5.74, 6) is 0.160. The van der Waals surface area contributed by atoms with E-state index in [-0.39, 0.29) is 17.4 Å². The zero-order valence-corrected chi connectivity index (χ0v) is 13.9. The molecule has 0 bridgehead atoms. The second-order valence-electron chi connectivity index (χ2n) is 7.66. The first kappa shape index (κ1) is 15.0. The van der Waals surface area contributed by atoms with Gasteiger partial charge in [-0.25, -0.2) is 9.78 Å². The first-order valence-electron chi connectivity index (χ1n) is 8.88. The predicted octanol–water partition coefficient (Wildman–Crippen LogP) is 2.59. The molecule has 1 aromatic carbocycles. The molecule has 0 radical (unpaired) electrons. The van der Waals surface area contributed by atoms with Gasteiger partial charge in [0.05, 0.1) is 30.4 Å². The highest BCUT2D eigenvalue weighted by molar-refractivity contribution is 5.69. The Morgan fingerprint density at radius 2 is 2.00 bits per heavy atom. The summed E-state index contributed by atoms with van der Waals surface area (Å²) in [6, 6.07) is 8.50. The molecule has 1 amide bonds. The fourth-order valence-corrected chi connectivity index (χ4v) is 5.23. The first-order valence-corrected chi connectivity index (χ1v) is 8.88. The predicted molar refractivity (Wildman–Crippen MR) is 91.2 cm³/mol. The second-order valence-corrected chi connectivity index (χ2v) is 7.66. The number of rotatable bonds is 1. The summed E-state index contributed by atoms with van der Waals surface area (Å²) in [7, 11) is 0. The van der Waals surface area contributed by atoms with E-state index in [9.17, 15) is 9.90 Å². The van der Waals surface area contributed by atoms with E-state index in [1.54, 1.807) is 0 Å². The lowest BCUT2D eigenvalue weighted by atomic mass is 9.53. The van der Waals surface area contributed by atoms with E-state index in [2.05, 4.69) is 27.8 Å². The second kappa shape index (κ2) is 5.08. The van der Waals surface area contributed by atoms with Crippen LogP contribution in [0.5, 0.6) is 0 Å². The first-order chi connectivity index (χ1) is 12.1. The molecule has 2 unspecified atom stereocenters. The van der Waals surface area contributed by atoms with Gasteiger partial charge in [-0.2, -0.15) is 0 Å². The summed E-state index contributed by atoms with van der Waals surface area (Å²) in [6.07, 6.45) is 4.96. The number of piperidine rings is 1. The van der Waals surface area contributed by atoms with Gasteiger partial charge in [-0.1, -0.05) is 24.3 Å². The highest BCUT2D eigenvalue weighted by Crippen LogP contribution is 2.59. The summed E-state index contributed by atoms with van der Waals surface area (Å²) in [5, 5.41) is 20.2. The Balaban J connectivity index is 1.41. The van der Waals surface area contributed by atoms with Gasteiger partial charge in [-0.15, -0.1) is 0 Å². The van der Waals surface area contributed by atoms with Crippen LogP contribution in [0.3, 0.4) is 0 Å². The van der Waals surface area contributed by atoms with E-state index < -0.39 is 12.2 Å². The van der Waals surface area contributed by atoms with Crippen LogP contribution in [0, 0.1) is 11.3 Å². The number of amides is 1. The van der Waals surface area contributed by atoms with Crippen molar-refractivity contribution in [3.8, 4) is 11.3 Å². The van der Waals surface area contributed by atoms with Gasteiger partial charge in [0.1, 0.15) is 0 Å². The van der Waals surface area contributed by atoms with Crippen molar-refractivity contribution in [3.05, 3.63) is 42.4 Å². The minimum Gasteiger partial charge on any atom is -0.465 e. The molecular weight excluding hydrogens is 318 g/mol. The van der Waals surface area contributed by atoms with Gasteiger partial charge >= 0.3 is 6.09 Å². The topological polar surface area (TPSA) is 78.6 Å². The van der Waals surface area contributed by atoms with Crippen molar-refractivity contribution in [2.24, 2.45) is 11.3 Å². The number of hydrogen-bond donors (Lipinski definition) is 2. The Labute approximate surface area is 145 Å². The van der Waals surface area contributed by atoms with Gasteiger partial charge in [0.2, 0.25) is 0 Å². The molecule has 1 spiro atoms. The van der Waals surface area contributed by atoms with Gasteiger partial charge in [0.25, 0.3) is 0 Å². The fraction of sp³-hybridized carbons (Fsp3) is 0.474. The molecule has 3 atom stereocenters. The number of imidazole rings is 1. The molecular formula is C19H21N3O3. The van der Waals surface area contributed by atoms with E-state index in [4.69, 9.17) is 5.11 Å². The van der Waals surface area contributed by atoms with Crippen molar-refractivity contribution in [3.63, 3.8) is 0 Å². The SMILES string of the molecule is O=C(O)N1CCC2(CC1)CC([C@@H]1c3ccccc3-c3cncn31)C2O. The Bertz CT molecular complexity index is 838. The smallest absolute Gasteiger partial charge is 0.407 e. The van der Waals surface area contributed by atoms with Crippen molar-refractivity contribution in [2.75, 3.05) is 13.1 Å². The normalized spacial score (nSPS) is 29.2. The molecule has 1 saturated carbocycles. The van der Waals surface area contributed by atoms with Crippen molar-refractivity contribution in [2.45, 2.75) is 31.4 Å². The summed E-state index contributed by atoms with van der Waals surface area (Å²) in [4.78, 5) is 16.9. The van der Waals surface area contributed by atoms with Crippen LogP contribution >= 0.6 is 0 Å². The van der Waals surface area contributed by atoms with Crippen LogP contribution in [-0.4, -0.2) is 50.0 Å². The van der Waals surface area contributed by atoms with Crippen molar-refractivity contribution >= 4 is 6.09 Å². The molecule has 3 aliphatic rings. The number of likely N-dealkylation sites (tertiary alicyclic amines) is 1. The molecule has 2 N–H and O–H groups in total. The molecule has 130 valence electrons. The van der Waals surface area contributed by atoms with Crippen LogP contribution in [-0.2, 0) is 0 Å². The molecule has 1 aromatic heterocycles. The fourth-order valence-electron chi connectivity index (χ4n) is 5.23. The van der Waals surface area contributed by atoms with Gasteiger partial charge in [0, 0.05) is 30.0 Å². The molecule has 6 nitrogen and oxygen atoms in total. The van der Waals surface area contributed by atoms with E-state index in [0.29, 0.717) is 13.1 Å². The Morgan fingerprint density at radius 1 is 1.24 bits per heavy atom. The highest BCUT2D eigenvalue weighted by Gasteiger charge is 2.58. The number of nitrogens with zero attached hydrogens (tertiary/aromatic N) is 3. The molecule has 2 fully saturated rings. The lowest BCUT2D eigenvalue weighted by Gasteiger charge is -2.57. The van der Waals surface area contributed by atoms with Gasteiger partial charge in [-0.05, 0) is 24.8 Å². The highest BCUT2D eigenvalue weighted by atomic mass is 16.4. The van der Waals surface area contributed by atoms with E-state index >= 15 is 0 Å². The van der Waals surface area contributed by atoms with Crippen molar-refractivity contribution < 1.29 is 15.0 Å².